The number of Topliss-reactive ketones (excluding diaryl/α,β-unsaturated/α-hetero) is 1. The molecule has 2 nitrogen and oxygen atoms in total. The van der Waals surface area contributed by atoms with Gasteiger partial charge in [0, 0.05) is 17.6 Å². The molecule has 1 aromatic heterocycles. The predicted molar refractivity (Wildman–Crippen MR) is 63.0 cm³/mol. The molecule has 0 fully saturated rings. The van der Waals surface area contributed by atoms with Gasteiger partial charge in [-0.25, -0.2) is 0 Å². The van der Waals surface area contributed by atoms with E-state index in [2.05, 4.69) is 0 Å². The van der Waals surface area contributed by atoms with Crippen molar-refractivity contribution in [3.8, 4) is 0 Å². The van der Waals surface area contributed by atoms with Crippen LogP contribution in [0.1, 0.15) is 28.5 Å². The fourth-order valence-electron chi connectivity index (χ4n) is 2.27. The molecule has 1 aliphatic rings. The molecule has 0 N–H and O–H groups in total. The van der Waals surface area contributed by atoms with Crippen LogP contribution in [0, 0.1) is 0 Å². The summed E-state index contributed by atoms with van der Waals surface area (Å²) >= 11 is 5.97. The van der Waals surface area contributed by atoms with E-state index in [1.165, 1.54) is 0 Å². The second-order valence-electron chi connectivity index (χ2n) is 4.00. The van der Waals surface area contributed by atoms with Crippen molar-refractivity contribution in [1.29, 1.82) is 0 Å². The normalized spacial score (nSPS) is 18.8. The maximum Gasteiger partial charge on any atom is 0.181 e. The monoisotopic (exact) mass is 231 g/mol. The average molecular weight is 232 g/mol. The number of nitrogens with zero attached hydrogens (tertiary/aromatic N) is 1. The fraction of sp³-hybridized carbons (Fsp3) is 0.154. The second-order valence-corrected chi connectivity index (χ2v) is 4.44. The number of hydrogen-bond donors (Lipinski definition) is 0. The van der Waals surface area contributed by atoms with E-state index in [4.69, 9.17) is 11.6 Å². The highest BCUT2D eigenvalue weighted by atomic mass is 35.5. The van der Waals surface area contributed by atoms with Gasteiger partial charge in [0.2, 0.25) is 0 Å². The summed E-state index contributed by atoms with van der Waals surface area (Å²) in [4.78, 5) is 11.7. The van der Waals surface area contributed by atoms with E-state index in [-0.39, 0.29) is 11.8 Å². The van der Waals surface area contributed by atoms with Crippen LogP contribution in [0.5, 0.6) is 0 Å². The van der Waals surface area contributed by atoms with Gasteiger partial charge in [-0.2, -0.15) is 0 Å². The van der Waals surface area contributed by atoms with Gasteiger partial charge in [0.05, 0.1) is 11.7 Å². The first kappa shape index (κ1) is 9.67. The highest BCUT2D eigenvalue weighted by molar-refractivity contribution is 6.30. The Labute approximate surface area is 98.5 Å². The third kappa shape index (κ3) is 1.38. The van der Waals surface area contributed by atoms with Crippen molar-refractivity contribution in [1.82, 2.24) is 4.57 Å². The van der Waals surface area contributed by atoms with E-state index in [1.54, 1.807) is 0 Å². The number of rotatable bonds is 1. The van der Waals surface area contributed by atoms with Gasteiger partial charge in [-0.05, 0) is 29.8 Å². The van der Waals surface area contributed by atoms with Crippen LogP contribution in [0.3, 0.4) is 0 Å². The largest absolute Gasteiger partial charge is 0.337 e. The molecule has 0 radical (unpaired) electrons. The fourth-order valence-corrected chi connectivity index (χ4v) is 2.47. The number of ketones is 1. The van der Waals surface area contributed by atoms with Gasteiger partial charge in [0.15, 0.2) is 5.78 Å². The maximum absolute atomic E-state index is 11.7. The lowest BCUT2D eigenvalue weighted by molar-refractivity contribution is 0.0991. The highest BCUT2D eigenvalue weighted by Gasteiger charge is 2.29. The number of carbonyl (C=O) groups excluding carboxylic acids is 1. The Morgan fingerprint density at radius 3 is 2.94 bits per heavy atom. The molecular weight excluding hydrogens is 222 g/mol. The molecular formula is C13H10ClNO. The van der Waals surface area contributed by atoms with E-state index < -0.39 is 0 Å². The van der Waals surface area contributed by atoms with Crippen molar-refractivity contribution >= 4 is 17.4 Å². The van der Waals surface area contributed by atoms with Crippen LogP contribution in [-0.2, 0) is 0 Å². The Hall–Kier alpha value is -1.54. The molecule has 1 aromatic carbocycles. The molecule has 2 heterocycles. The van der Waals surface area contributed by atoms with Crippen molar-refractivity contribution in [3.63, 3.8) is 0 Å². The van der Waals surface area contributed by atoms with Crippen molar-refractivity contribution in [2.75, 3.05) is 0 Å². The Morgan fingerprint density at radius 1 is 1.25 bits per heavy atom. The lowest BCUT2D eigenvalue weighted by atomic mass is 10.0. The Balaban J connectivity index is 2.08. The molecule has 0 spiro atoms. The minimum atomic E-state index is 0.108. The van der Waals surface area contributed by atoms with Gasteiger partial charge in [-0.3, -0.25) is 4.79 Å². The molecule has 1 aliphatic heterocycles. The molecule has 0 saturated carbocycles. The van der Waals surface area contributed by atoms with Crippen LogP contribution >= 0.6 is 11.6 Å². The Kier molecular flexibility index (Phi) is 2.11. The van der Waals surface area contributed by atoms with Crippen molar-refractivity contribution in [2.24, 2.45) is 0 Å². The van der Waals surface area contributed by atoms with Gasteiger partial charge < -0.3 is 4.57 Å². The highest BCUT2D eigenvalue weighted by Crippen LogP contribution is 2.32. The van der Waals surface area contributed by atoms with Crippen LogP contribution in [0.15, 0.2) is 42.6 Å². The van der Waals surface area contributed by atoms with Crippen LogP contribution in [0.4, 0.5) is 0 Å². The number of benzene rings is 1. The number of carbonyl (C=O) groups is 1. The summed E-state index contributed by atoms with van der Waals surface area (Å²) in [6.07, 6.45) is 2.49. The smallest absolute Gasteiger partial charge is 0.181 e. The zero-order valence-electron chi connectivity index (χ0n) is 8.56. The summed E-state index contributed by atoms with van der Waals surface area (Å²) in [5, 5.41) is 0.713. The standard InChI is InChI=1S/C13H10ClNO/c14-10-4-1-3-9(7-10)12-8-13(16)11-5-2-6-15(11)12/h1-7,12H,8H2. The van der Waals surface area contributed by atoms with Crippen LogP contribution in [0.25, 0.3) is 0 Å². The number of fused-ring (bicyclic) bond motifs is 1. The van der Waals surface area contributed by atoms with E-state index in [0.717, 1.165) is 11.3 Å². The summed E-state index contributed by atoms with van der Waals surface area (Å²) < 4.78 is 2.02. The van der Waals surface area contributed by atoms with Crippen LogP contribution < -0.4 is 0 Å². The topological polar surface area (TPSA) is 22.0 Å². The quantitative estimate of drug-likeness (QED) is 0.738. The van der Waals surface area contributed by atoms with Gasteiger partial charge in [-0.1, -0.05) is 23.7 Å². The van der Waals surface area contributed by atoms with E-state index in [0.29, 0.717) is 11.4 Å². The first-order valence-corrected chi connectivity index (χ1v) is 5.59. The Bertz CT molecular complexity index is 559. The lowest BCUT2D eigenvalue weighted by Gasteiger charge is -2.12. The zero-order valence-corrected chi connectivity index (χ0v) is 9.32. The number of halogens is 1. The van der Waals surface area contributed by atoms with Gasteiger partial charge in [-0.15, -0.1) is 0 Å². The van der Waals surface area contributed by atoms with Gasteiger partial charge in [0.25, 0.3) is 0 Å². The van der Waals surface area contributed by atoms with Crippen LogP contribution in [0.2, 0.25) is 5.02 Å². The molecule has 0 aliphatic carbocycles. The summed E-state index contributed by atoms with van der Waals surface area (Å²) in [7, 11) is 0. The molecule has 80 valence electrons. The summed E-state index contributed by atoms with van der Waals surface area (Å²) in [5.41, 5.74) is 1.89. The van der Waals surface area contributed by atoms with E-state index in [1.807, 2.05) is 47.2 Å². The minimum absolute atomic E-state index is 0.108. The molecule has 3 rings (SSSR count). The summed E-state index contributed by atoms with van der Waals surface area (Å²) in [6.45, 7) is 0. The first-order valence-electron chi connectivity index (χ1n) is 5.21. The molecule has 0 amide bonds. The van der Waals surface area contributed by atoms with Crippen molar-refractivity contribution < 1.29 is 4.79 Å². The zero-order chi connectivity index (χ0) is 11.1. The van der Waals surface area contributed by atoms with Crippen LogP contribution in [-0.4, -0.2) is 10.4 Å². The maximum atomic E-state index is 11.7. The number of hydrogen-bond acceptors (Lipinski definition) is 1. The molecule has 0 bridgehead atoms. The van der Waals surface area contributed by atoms with E-state index >= 15 is 0 Å². The molecule has 1 unspecified atom stereocenters. The first-order chi connectivity index (χ1) is 7.75. The molecule has 0 saturated heterocycles. The molecule has 1 atom stereocenters. The average Bonchev–Trinajstić information content (AvgIpc) is 2.83. The summed E-state index contributed by atoms with van der Waals surface area (Å²) in [6, 6.07) is 11.6. The Morgan fingerprint density at radius 2 is 2.12 bits per heavy atom. The third-order valence-corrected chi connectivity index (χ3v) is 3.25. The van der Waals surface area contributed by atoms with Crippen molar-refractivity contribution in [2.45, 2.75) is 12.5 Å². The molecule has 2 aromatic rings. The minimum Gasteiger partial charge on any atom is -0.337 e. The second kappa shape index (κ2) is 3.49. The van der Waals surface area contributed by atoms with Crippen molar-refractivity contribution in [3.05, 3.63) is 58.9 Å². The molecule has 16 heavy (non-hydrogen) atoms. The van der Waals surface area contributed by atoms with Gasteiger partial charge in [0.1, 0.15) is 0 Å². The molecule has 3 heteroatoms. The third-order valence-electron chi connectivity index (χ3n) is 3.01. The van der Waals surface area contributed by atoms with E-state index in [9.17, 15) is 4.79 Å². The van der Waals surface area contributed by atoms with Gasteiger partial charge >= 0.3 is 0 Å². The SMILES string of the molecule is O=C1CC(c2cccc(Cl)c2)n2cccc21. The lowest BCUT2D eigenvalue weighted by Crippen LogP contribution is -2.03. The summed E-state index contributed by atoms with van der Waals surface area (Å²) in [5.74, 6) is 0.204. The predicted octanol–water partition coefficient (Wildman–Crippen LogP) is 3.32. The number of aromatic nitrogens is 1.